The topological polar surface area (TPSA) is 28.2 Å². The molecule has 0 unspecified atom stereocenters. The van der Waals surface area contributed by atoms with Crippen molar-refractivity contribution in [3.05, 3.63) is 30.1 Å². The lowest BCUT2D eigenvalue weighted by molar-refractivity contribution is 0.306. The van der Waals surface area contributed by atoms with Gasteiger partial charge in [0.2, 0.25) is 0 Å². The zero-order valence-corrected chi connectivity index (χ0v) is 12.2. The Morgan fingerprint density at radius 2 is 2.06 bits per heavy atom. The number of nitrogens with zero attached hydrogens (tertiary/aromatic N) is 2. The van der Waals surface area contributed by atoms with Gasteiger partial charge in [-0.2, -0.15) is 0 Å². The number of aryl methyl sites for hydroxylation is 1. The minimum absolute atomic E-state index is 0.219. The molecule has 3 nitrogen and oxygen atoms in total. The number of hydrogen-bond acceptors (Lipinski definition) is 3. The molecule has 1 heterocycles. The molecule has 0 aliphatic heterocycles. The fraction of sp³-hybridized carbons (Fsp3) is 0.667. The standard InChI is InChI=1S/C15H27N3/c1-15(2,3)17-10-12-18(4)11-6-8-14-7-5-9-16-13-14/h5,7,9,13,17H,6,8,10-12H2,1-4H3. The minimum Gasteiger partial charge on any atom is -0.311 e. The summed E-state index contributed by atoms with van der Waals surface area (Å²) in [5, 5.41) is 3.51. The number of hydrogen-bond donors (Lipinski definition) is 1. The van der Waals surface area contributed by atoms with Crippen molar-refractivity contribution >= 4 is 0 Å². The van der Waals surface area contributed by atoms with Crippen LogP contribution in [0.5, 0.6) is 0 Å². The van der Waals surface area contributed by atoms with Crippen LogP contribution in [0.1, 0.15) is 32.8 Å². The molecule has 0 atom stereocenters. The number of aromatic nitrogens is 1. The Morgan fingerprint density at radius 1 is 1.28 bits per heavy atom. The molecule has 1 aromatic heterocycles. The lowest BCUT2D eigenvalue weighted by Crippen LogP contribution is -2.40. The Balaban J connectivity index is 2.09. The second-order valence-corrected chi connectivity index (χ2v) is 5.94. The molecule has 0 radical (unpaired) electrons. The summed E-state index contributed by atoms with van der Waals surface area (Å²) < 4.78 is 0. The molecule has 1 N–H and O–H groups in total. The molecule has 3 heteroatoms. The maximum absolute atomic E-state index is 4.14. The van der Waals surface area contributed by atoms with Crippen molar-refractivity contribution in [2.24, 2.45) is 0 Å². The maximum atomic E-state index is 4.14. The Bertz CT molecular complexity index is 316. The first-order valence-electron chi connectivity index (χ1n) is 6.80. The van der Waals surface area contributed by atoms with Crippen LogP contribution in [0.15, 0.2) is 24.5 Å². The van der Waals surface area contributed by atoms with Gasteiger partial charge < -0.3 is 10.2 Å². The molecule has 0 spiro atoms. The summed E-state index contributed by atoms with van der Waals surface area (Å²) in [6, 6.07) is 4.15. The van der Waals surface area contributed by atoms with E-state index in [1.165, 1.54) is 12.0 Å². The largest absolute Gasteiger partial charge is 0.311 e. The van der Waals surface area contributed by atoms with E-state index in [0.29, 0.717) is 0 Å². The third kappa shape index (κ3) is 7.41. The lowest BCUT2D eigenvalue weighted by atomic mass is 10.1. The molecule has 0 saturated carbocycles. The first-order chi connectivity index (χ1) is 8.47. The van der Waals surface area contributed by atoms with Gasteiger partial charge in [-0.05, 0) is 58.8 Å². The van der Waals surface area contributed by atoms with Crippen molar-refractivity contribution < 1.29 is 0 Å². The monoisotopic (exact) mass is 249 g/mol. The van der Waals surface area contributed by atoms with Gasteiger partial charge in [-0.1, -0.05) is 6.07 Å². The molecule has 0 aliphatic rings. The average molecular weight is 249 g/mol. The van der Waals surface area contributed by atoms with Gasteiger partial charge >= 0.3 is 0 Å². The third-order valence-electron chi connectivity index (χ3n) is 2.88. The van der Waals surface area contributed by atoms with E-state index < -0.39 is 0 Å². The first-order valence-corrected chi connectivity index (χ1v) is 6.80. The van der Waals surface area contributed by atoms with Crippen LogP contribution in [0.2, 0.25) is 0 Å². The Kier molecular flexibility index (Phi) is 6.30. The molecular formula is C15H27N3. The van der Waals surface area contributed by atoms with E-state index in [0.717, 1.165) is 26.1 Å². The SMILES string of the molecule is CN(CCCc1cccnc1)CCNC(C)(C)C. The van der Waals surface area contributed by atoms with Gasteiger partial charge in [0.1, 0.15) is 0 Å². The van der Waals surface area contributed by atoms with Crippen LogP contribution in [0.25, 0.3) is 0 Å². The summed E-state index contributed by atoms with van der Waals surface area (Å²) in [5.74, 6) is 0. The number of nitrogens with one attached hydrogen (secondary N) is 1. The third-order valence-corrected chi connectivity index (χ3v) is 2.88. The van der Waals surface area contributed by atoms with E-state index >= 15 is 0 Å². The summed E-state index contributed by atoms with van der Waals surface area (Å²) in [4.78, 5) is 6.52. The minimum atomic E-state index is 0.219. The highest BCUT2D eigenvalue weighted by Gasteiger charge is 2.08. The molecule has 1 rings (SSSR count). The molecule has 0 saturated heterocycles. The second-order valence-electron chi connectivity index (χ2n) is 5.94. The smallest absolute Gasteiger partial charge is 0.0299 e. The molecule has 0 amide bonds. The molecule has 0 aromatic carbocycles. The van der Waals surface area contributed by atoms with Gasteiger partial charge in [-0.15, -0.1) is 0 Å². The van der Waals surface area contributed by atoms with Gasteiger partial charge in [0, 0.05) is 31.0 Å². The molecule has 102 valence electrons. The van der Waals surface area contributed by atoms with Crippen molar-refractivity contribution in [2.75, 3.05) is 26.7 Å². The highest BCUT2D eigenvalue weighted by Crippen LogP contribution is 2.01. The number of rotatable bonds is 7. The lowest BCUT2D eigenvalue weighted by Gasteiger charge is -2.23. The van der Waals surface area contributed by atoms with Crippen LogP contribution in [-0.4, -0.2) is 42.1 Å². The van der Waals surface area contributed by atoms with Gasteiger partial charge in [-0.3, -0.25) is 4.98 Å². The van der Waals surface area contributed by atoms with E-state index in [1.807, 2.05) is 18.5 Å². The summed E-state index contributed by atoms with van der Waals surface area (Å²) in [7, 11) is 2.19. The van der Waals surface area contributed by atoms with Crippen molar-refractivity contribution in [3.8, 4) is 0 Å². The van der Waals surface area contributed by atoms with Crippen LogP contribution in [0, 0.1) is 0 Å². The molecule has 0 fully saturated rings. The van der Waals surface area contributed by atoms with Crippen LogP contribution in [-0.2, 0) is 6.42 Å². The molecule has 1 aromatic rings. The van der Waals surface area contributed by atoms with Crippen molar-refractivity contribution in [1.82, 2.24) is 15.2 Å². The number of likely N-dealkylation sites (N-methyl/N-ethyl adjacent to an activating group) is 1. The fourth-order valence-electron chi connectivity index (χ4n) is 1.83. The van der Waals surface area contributed by atoms with E-state index in [1.54, 1.807) is 0 Å². The fourth-order valence-corrected chi connectivity index (χ4v) is 1.83. The van der Waals surface area contributed by atoms with Gasteiger partial charge in [0.05, 0.1) is 0 Å². The Hall–Kier alpha value is -0.930. The highest BCUT2D eigenvalue weighted by atomic mass is 15.1. The quantitative estimate of drug-likeness (QED) is 0.804. The molecule has 18 heavy (non-hydrogen) atoms. The van der Waals surface area contributed by atoms with Crippen LogP contribution in [0.4, 0.5) is 0 Å². The summed E-state index contributed by atoms with van der Waals surface area (Å²) in [6.45, 7) is 9.90. The zero-order valence-electron chi connectivity index (χ0n) is 12.2. The average Bonchev–Trinajstić information content (AvgIpc) is 2.28. The van der Waals surface area contributed by atoms with Crippen LogP contribution in [0.3, 0.4) is 0 Å². The zero-order chi connectivity index (χ0) is 13.4. The van der Waals surface area contributed by atoms with Crippen LogP contribution < -0.4 is 5.32 Å². The Labute approximate surface area is 112 Å². The number of pyridine rings is 1. The van der Waals surface area contributed by atoms with Crippen molar-refractivity contribution in [2.45, 2.75) is 39.2 Å². The van der Waals surface area contributed by atoms with Crippen molar-refractivity contribution in [1.29, 1.82) is 0 Å². The molecule has 0 aliphatic carbocycles. The van der Waals surface area contributed by atoms with Crippen molar-refractivity contribution in [3.63, 3.8) is 0 Å². The van der Waals surface area contributed by atoms with Gasteiger partial charge in [0.25, 0.3) is 0 Å². The van der Waals surface area contributed by atoms with Gasteiger partial charge in [0.15, 0.2) is 0 Å². The second kappa shape index (κ2) is 7.49. The Morgan fingerprint density at radius 3 is 2.67 bits per heavy atom. The van der Waals surface area contributed by atoms with Gasteiger partial charge in [-0.25, -0.2) is 0 Å². The predicted molar refractivity (Wildman–Crippen MR) is 77.8 cm³/mol. The summed E-state index contributed by atoms with van der Waals surface area (Å²) in [6.07, 6.45) is 6.09. The normalized spacial score (nSPS) is 12.1. The summed E-state index contributed by atoms with van der Waals surface area (Å²) >= 11 is 0. The van der Waals surface area contributed by atoms with E-state index in [9.17, 15) is 0 Å². The maximum Gasteiger partial charge on any atom is 0.0299 e. The highest BCUT2D eigenvalue weighted by molar-refractivity contribution is 5.08. The first kappa shape index (κ1) is 15.1. The van der Waals surface area contributed by atoms with Crippen LogP contribution >= 0.6 is 0 Å². The van der Waals surface area contributed by atoms with E-state index in [-0.39, 0.29) is 5.54 Å². The molecular weight excluding hydrogens is 222 g/mol. The molecule has 0 bridgehead atoms. The van der Waals surface area contributed by atoms with E-state index in [2.05, 4.69) is 49.1 Å². The predicted octanol–water partition coefficient (Wildman–Crippen LogP) is 2.33. The van der Waals surface area contributed by atoms with E-state index in [4.69, 9.17) is 0 Å². The summed E-state index contributed by atoms with van der Waals surface area (Å²) in [5.41, 5.74) is 1.55.